The highest BCUT2D eigenvalue weighted by molar-refractivity contribution is 6.39. The number of aliphatic hydroxyl groups excluding tert-OH is 1. The van der Waals surface area contributed by atoms with Gasteiger partial charge in [0.25, 0.3) is 17.7 Å². The molecule has 2 bridgehead atoms. The first-order chi connectivity index (χ1) is 61.3. The number of cyclic esters (lactones) is 1. The number of aromatic nitrogens is 5. The van der Waals surface area contributed by atoms with E-state index in [9.17, 15) is 43.8 Å². The Hall–Kier alpha value is -8.85. The van der Waals surface area contributed by atoms with E-state index in [1.54, 1.807) is 54.1 Å². The number of hydrogen-bond acceptors (Lipinski definition) is 30. The number of carbonyl (C=O) groups is 7. The summed E-state index contributed by atoms with van der Waals surface area (Å²) in [5.41, 5.74) is 19.9. The molecule has 0 spiro atoms. The fraction of sp³-hybridized carbons (Fsp3) is 0.645. The Balaban J connectivity index is 0.552. The lowest BCUT2D eigenvalue weighted by atomic mass is 9.78. The van der Waals surface area contributed by atoms with Crippen molar-refractivity contribution in [1.82, 2.24) is 39.8 Å². The van der Waals surface area contributed by atoms with E-state index in [0.717, 1.165) is 28.7 Å². The van der Waals surface area contributed by atoms with Crippen LogP contribution in [-0.2, 0) is 115 Å². The van der Waals surface area contributed by atoms with E-state index in [1.165, 1.54) is 23.9 Å². The fourth-order valence-corrected chi connectivity index (χ4v) is 17.1. The number of alkyl carbamates (subject to hydrolysis) is 1. The molecule has 2 aromatic carbocycles. The van der Waals surface area contributed by atoms with Gasteiger partial charge < -0.3 is 108 Å². The normalized spacial score (nSPS) is 27.0. The van der Waals surface area contributed by atoms with Gasteiger partial charge in [0, 0.05) is 83.7 Å². The smallest absolute Gasteiger partial charge is 0.407 e. The first-order valence-corrected chi connectivity index (χ1v) is 44.8. The van der Waals surface area contributed by atoms with Crippen molar-refractivity contribution in [2.45, 2.75) is 206 Å². The molecule has 4 aliphatic heterocycles. The van der Waals surface area contributed by atoms with Crippen molar-refractivity contribution < 1.29 is 115 Å². The number of fused-ring (bicyclic) bond motifs is 6. The molecule has 34 nitrogen and oxygen atoms in total. The van der Waals surface area contributed by atoms with Crippen LogP contribution >= 0.6 is 0 Å². The molecule has 10 rings (SSSR count). The van der Waals surface area contributed by atoms with Crippen LogP contribution in [0.5, 0.6) is 0 Å². The molecule has 3 amide bonds. The molecule has 7 N–H and O–H groups in total. The maximum absolute atomic E-state index is 14.8. The number of oxazole rings is 1. The number of allylic oxidation sites excluding steroid dienone is 6. The second kappa shape index (κ2) is 50.9. The van der Waals surface area contributed by atoms with Gasteiger partial charge in [-0.1, -0.05) is 89.3 Å². The van der Waals surface area contributed by atoms with Crippen LogP contribution in [0.25, 0.3) is 33.4 Å². The summed E-state index contributed by atoms with van der Waals surface area (Å²) in [5, 5.41) is 32.1. The molecule has 15 atom stereocenters. The number of ketones is 3. The van der Waals surface area contributed by atoms with Gasteiger partial charge >= 0.3 is 12.1 Å². The Morgan fingerprint density at radius 3 is 2.06 bits per heavy atom. The van der Waals surface area contributed by atoms with Crippen LogP contribution in [0.1, 0.15) is 149 Å². The molecule has 34 heteroatoms. The lowest BCUT2D eigenvalue weighted by Crippen LogP contribution is -2.61. The second-order valence-electron chi connectivity index (χ2n) is 33.9. The van der Waals surface area contributed by atoms with Crippen molar-refractivity contribution in [2.24, 2.45) is 35.5 Å². The second-order valence-corrected chi connectivity index (χ2v) is 33.9. The Kier molecular flexibility index (Phi) is 40.2. The van der Waals surface area contributed by atoms with Gasteiger partial charge in [-0.05, 0) is 148 Å². The molecule has 3 aromatic heterocycles. The van der Waals surface area contributed by atoms with Gasteiger partial charge in [0.2, 0.25) is 11.7 Å². The van der Waals surface area contributed by atoms with Crippen LogP contribution in [0.15, 0.2) is 94.7 Å². The highest BCUT2D eigenvalue weighted by Gasteiger charge is 2.53. The number of Topliss-reactive ketones (excluding diaryl/α,β-unsaturated/α-hetero) is 3. The zero-order valence-electron chi connectivity index (χ0n) is 75.5. The maximum atomic E-state index is 14.8. The van der Waals surface area contributed by atoms with E-state index in [-0.39, 0.29) is 80.7 Å². The SMILES string of the molecule is CO[C@H]1C[C@@H]2CC[C@@H](C)[C@@](O)(O2)C(=O)C(=O)N2CCCC[C@H]2C(=O)O[C@H]([C@H](C)C[C@@H]2CC[C@@H](OC(=O)NCCOCCOCCOCCOCCOCCOCCOCCOCCC(=O)N3CCc4cc(Cn5nc(-c6ccc7oc(N)nc7c6)c6c(N)ncnc65)ccc4C3)[C@H](OC)C2)CC(=O)[C@H](C)/C=C(\C)[C@@H](O)[C@@H](OC)C(=O)[C@H](C)C[C@H](C)/C=C/C=C/C=C\1C. The zero-order chi connectivity index (χ0) is 90.9. The van der Waals surface area contributed by atoms with Gasteiger partial charge in [-0.2, -0.15) is 10.1 Å². The number of rotatable bonds is 37. The summed E-state index contributed by atoms with van der Waals surface area (Å²) in [5.74, 6) is -8.31. The average molecular weight is 1780 g/mol. The Morgan fingerprint density at radius 1 is 0.709 bits per heavy atom. The fourth-order valence-electron chi connectivity index (χ4n) is 17.1. The number of nitrogens with one attached hydrogen (secondary N) is 1. The number of hydrogen-bond donors (Lipinski definition) is 5. The van der Waals surface area contributed by atoms with Crippen molar-refractivity contribution in [1.29, 1.82) is 0 Å². The largest absolute Gasteiger partial charge is 0.460 e. The van der Waals surface area contributed by atoms with Gasteiger partial charge in [0.05, 0.1) is 142 Å². The van der Waals surface area contributed by atoms with Gasteiger partial charge in [0.15, 0.2) is 17.0 Å². The predicted molar refractivity (Wildman–Crippen MR) is 470 cm³/mol. The monoisotopic (exact) mass is 1770 g/mol. The number of ether oxygens (including phenoxy) is 14. The minimum absolute atomic E-state index is 0.0193. The zero-order valence-corrected chi connectivity index (χ0v) is 75.5. The average Bonchev–Trinajstić information content (AvgIpc) is 1.71. The quantitative estimate of drug-likeness (QED) is 0.0107. The van der Waals surface area contributed by atoms with E-state index in [4.69, 9.17) is 87.3 Å². The number of benzene rings is 2. The number of nitrogens with zero attached hydrogens (tertiary/aromatic N) is 7. The number of aliphatic hydroxyl groups is 2. The highest BCUT2D eigenvalue weighted by Crippen LogP contribution is 2.40. The Labute approximate surface area is 744 Å². The number of piperidine rings is 1. The summed E-state index contributed by atoms with van der Waals surface area (Å²) >= 11 is 0. The molecule has 2 saturated heterocycles. The molecule has 0 unspecified atom stereocenters. The van der Waals surface area contributed by atoms with Crippen molar-refractivity contribution >= 4 is 75.2 Å². The van der Waals surface area contributed by atoms with E-state index in [2.05, 4.69) is 38.5 Å². The number of anilines is 2. The van der Waals surface area contributed by atoms with Crippen LogP contribution in [0.2, 0.25) is 0 Å². The van der Waals surface area contributed by atoms with Gasteiger partial charge in [-0.25, -0.2) is 24.2 Å². The first kappa shape index (κ1) is 100. The van der Waals surface area contributed by atoms with Gasteiger partial charge in [-0.15, -0.1) is 0 Å². The van der Waals surface area contributed by atoms with E-state index in [0.29, 0.717) is 216 Å². The molecule has 1 saturated carbocycles. The molecule has 7 heterocycles. The summed E-state index contributed by atoms with van der Waals surface area (Å²) in [7, 11) is 4.49. The molecule has 700 valence electrons. The number of nitrogen functional groups attached to an aromatic ring is 2. The topological polar surface area (TPSA) is 429 Å². The van der Waals surface area contributed by atoms with Crippen LogP contribution in [0.4, 0.5) is 16.6 Å². The molecule has 0 radical (unpaired) electrons. The van der Waals surface area contributed by atoms with Gasteiger partial charge in [0.1, 0.15) is 59.6 Å². The van der Waals surface area contributed by atoms with Crippen LogP contribution in [0.3, 0.4) is 0 Å². The number of esters is 1. The summed E-state index contributed by atoms with van der Waals surface area (Å²) in [6.45, 7) is 20.2. The number of amides is 3. The minimum atomic E-state index is -2.48. The van der Waals surface area contributed by atoms with Crippen molar-refractivity contribution in [3.63, 3.8) is 0 Å². The number of carbonyl (C=O) groups excluding carboxylic acids is 7. The molecular weight excluding hydrogens is 1640 g/mol. The molecular formula is C93H134N10O24. The van der Waals surface area contributed by atoms with Crippen molar-refractivity contribution in [3.8, 4) is 11.3 Å². The summed E-state index contributed by atoms with van der Waals surface area (Å²) in [6.07, 6.45) is 11.8. The van der Waals surface area contributed by atoms with E-state index < -0.39 is 102 Å². The Bertz CT molecular complexity index is 4510. The summed E-state index contributed by atoms with van der Waals surface area (Å²) in [4.78, 5) is 115. The molecule has 5 aliphatic rings. The third kappa shape index (κ3) is 29.3. The first-order valence-electron chi connectivity index (χ1n) is 44.8. The van der Waals surface area contributed by atoms with Gasteiger partial charge in [-0.3, -0.25) is 24.0 Å². The third-order valence-electron chi connectivity index (χ3n) is 24.5. The molecule has 3 fully saturated rings. The summed E-state index contributed by atoms with van der Waals surface area (Å²) in [6, 6.07) is 10.7. The van der Waals surface area contributed by atoms with Crippen LogP contribution < -0.4 is 16.8 Å². The maximum Gasteiger partial charge on any atom is 0.407 e. The predicted octanol–water partition coefficient (Wildman–Crippen LogP) is 9.18. The highest BCUT2D eigenvalue weighted by atomic mass is 16.6. The number of methoxy groups -OCH3 is 3. The van der Waals surface area contributed by atoms with Crippen LogP contribution in [0, 0.1) is 35.5 Å². The van der Waals surface area contributed by atoms with Crippen LogP contribution in [-0.4, -0.2) is 287 Å². The van der Waals surface area contributed by atoms with Crippen molar-refractivity contribution in [2.75, 3.05) is 158 Å². The molecule has 127 heavy (non-hydrogen) atoms. The number of nitrogens with two attached hydrogens (primary N) is 2. The molecule has 1 aliphatic carbocycles. The third-order valence-corrected chi connectivity index (χ3v) is 24.5. The lowest BCUT2D eigenvalue weighted by Gasteiger charge is -2.42. The Morgan fingerprint density at radius 2 is 1.39 bits per heavy atom. The van der Waals surface area contributed by atoms with E-state index in [1.807, 2.05) is 72.9 Å². The molecule has 5 aromatic rings. The summed E-state index contributed by atoms with van der Waals surface area (Å²) < 4.78 is 88.3. The van der Waals surface area contributed by atoms with Crippen molar-refractivity contribution in [3.05, 3.63) is 107 Å². The standard InChI is InChI=1S/C93H134N10O24/c1-59-16-12-11-13-17-60(2)77(113-8)54-71-24-19-65(7)93(112,127-71)86(108)89(109)102-30-15-14-18-73(102)90(110)124-78(55-74(104)61(3)49-64(6)84(107)85(115-10)83(106)63(5)48-59)62(4)50-66-21-25-76(79(52-66)114-9)126-92(111)96-29-33-117-35-37-119-39-41-121-43-45-123-47-46-122-44-42-120-40-38-118-36-34-116-32-28-80(105)101-31-27-68-51-67(20-22-70(68)57-101)56-103-88-81(87(94)97-58-98-88)82(100-103)69-23-26-75-72(53-69)99-91(95)125-75/h11-13,16-17,20,22-23,26,49,51,53,58-59,61-63,65-66,71,73,76-79,84-85,107,112H,14-15,18-19,21,24-25,27-48,50,52,54-57H2,1-10H3,(H2,95,99)(H,96,111)(H2,94,97,98)/b13-11+,16-12+,60-17-,64-49+/t59-,61-,62-,63-,65-,66+,71+,73+,76-,77+,78+,79-,84-,85+,93-/m1/s1. The van der Waals surface area contributed by atoms with E-state index >= 15 is 0 Å². The minimum Gasteiger partial charge on any atom is -0.460 e. The lowest BCUT2D eigenvalue weighted by molar-refractivity contribution is -0.265.